The molecule has 0 saturated carbocycles. The lowest BCUT2D eigenvalue weighted by atomic mass is 9.97. The van der Waals surface area contributed by atoms with E-state index in [1.807, 2.05) is 13.8 Å². The normalized spacial score (nSPS) is 14.5. The first kappa shape index (κ1) is 16.1. The first-order valence-corrected chi connectivity index (χ1v) is 6.65. The first-order valence-electron chi connectivity index (χ1n) is 6.65. The molecule has 17 heavy (non-hydrogen) atoms. The van der Waals surface area contributed by atoms with E-state index in [-0.39, 0.29) is 17.6 Å². The predicted molar refractivity (Wildman–Crippen MR) is 70.7 cm³/mol. The van der Waals surface area contributed by atoms with E-state index in [1.54, 1.807) is 0 Å². The van der Waals surface area contributed by atoms with Crippen molar-refractivity contribution in [1.82, 2.24) is 5.32 Å². The highest BCUT2D eigenvalue weighted by Crippen LogP contribution is 2.10. The van der Waals surface area contributed by atoms with Gasteiger partial charge in [0.15, 0.2) is 0 Å². The average molecular weight is 241 g/mol. The highest BCUT2D eigenvalue weighted by atomic mass is 16.1. The van der Waals surface area contributed by atoms with Crippen LogP contribution >= 0.6 is 0 Å². The van der Waals surface area contributed by atoms with Gasteiger partial charge in [0.1, 0.15) is 5.78 Å². The van der Waals surface area contributed by atoms with Gasteiger partial charge >= 0.3 is 0 Å². The molecule has 2 atom stereocenters. The molecule has 0 aliphatic heterocycles. The Bertz CT molecular complexity index is 249. The van der Waals surface area contributed by atoms with E-state index in [0.717, 1.165) is 6.54 Å². The largest absolute Gasteiger partial charge is 0.356 e. The molecule has 0 rings (SSSR count). The van der Waals surface area contributed by atoms with Crippen LogP contribution < -0.4 is 5.32 Å². The Balaban J connectivity index is 3.82. The second kappa shape index (κ2) is 8.26. The summed E-state index contributed by atoms with van der Waals surface area (Å²) in [6.45, 7) is 11.0. The fourth-order valence-corrected chi connectivity index (χ4v) is 1.50. The van der Waals surface area contributed by atoms with Gasteiger partial charge in [0.05, 0.1) is 0 Å². The number of nitrogens with one attached hydrogen (secondary N) is 1. The molecule has 1 N–H and O–H groups in total. The van der Waals surface area contributed by atoms with Crippen molar-refractivity contribution >= 4 is 11.7 Å². The molecule has 0 spiro atoms. The molecule has 2 unspecified atom stereocenters. The number of hydrogen-bond acceptors (Lipinski definition) is 2. The summed E-state index contributed by atoms with van der Waals surface area (Å²) in [7, 11) is 0. The molecule has 3 nitrogen and oxygen atoms in total. The van der Waals surface area contributed by atoms with Crippen molar-refractivity contribution in [2.45, 2.75) is 53.9 Å². The monoisotopic (exact) mass is 241 g/mol. The summed E-state index contributed by atoms with van der Waals surface area (Å²) in [6.07, 6.45) is 1.54. The van der Waals surface area contributed by atoms with Gasteiger partial charge in [-0.3, -0.25) is 9.59 Å². The lowest BCUT2D eigenvalue weighted by Gasteiger charge is -2.17. The predicted octanol–water partition coefficient (Wildman–Crippen LogP) is 2.79. The molecule has 0 radical (unpaired) electrons. The third kappa shape index (κ3) is 7.94. The molecule has 1 amide bonds. The van der Waals surface area contributed by atoms with Crippen LogP contribution in [0.4, 0.5) is 0 Å². The third-order valence-electron chi connectivity index (χ3n) is 3.26. The highest BCUT2D eigenvalue weighted by Gasteiger charge is 2.13. The van der Waals surface area contributed by atoms with Gasteiger partial charge in [-0.1, -0.05) is 34.6 Å². The SMILES string of the molecule is CCC(=O)CC(C)CC(=O)NCC(C)C(C)C. The summed E-state index contributed by atoms with van der Waals surface area (Å²) in [5.41, 5.74) is 0. The first-order chi connectivity index (χ1) is 7.86. The Labute approximate surface area is 105 Å². The topological polar surface area (TPSA) is 46.2 Å². The van der Waals surface area contributed by atoms with E-state index in [1.165, 1.54) is 0 Å². The Morgan fingerprint density at radius 1 is 1.06 bits per heavy atom. The number of Topliss-reactive ketones (excluding diaryl/α,β-unsaturated/α-hetero) is 1. The summed E-state index contributed by atoms with van der Waals surface area (Å²) < 4.78 is 0. The van der Waals surface area contributed by atoms with Crippen LogP contribution in [-0.4, -0.2) is 18.2 Å². The molecule has 0 saturated heterocycles. The molecular formula is C14H27NO2. The van der Waals surface area contributed by atoms with Crippen molar-refractivity contribution in [1.29, 1.82) is 0 Å². The summed E-state index contributed by atoms with van der Waals surface area (Å²) in [5.74, 6) is 1.52. The van der Waals surface area contributed by atoms with Gasteiger partial charge in [-0.2, -0.15) is 0 Å². The van der Waals surface area contributed by atoms with Crippen LogP contribution in [0.2, 0.25) is 0 Å². The van der Waals surface area contributed by atoms with E-state index in [2.05, 4.69) is 26.1 Å². The molecule has 0 heterocycles. The van der Waals surface area contributed by atoms with Gasteiger partial charge in [0.2, 0.25) is 5.91 Å². The minimum atomic E-state index is 0.0638. The van der Waals surface area contributed by atoms with E-state index in [9.17, 15) is 9.59 Å². The van der Waals surface area contributed by atoms with Crippen molar-refractivity contribution in [2.24, 2.45) is 17.8 Å². The van der Waals surface area contributed by atoms with E-state index >= 15 is 0 Å². The standard InChI is InChI=1S/C14H27NO2/c1-6-13(16)7-11(4)8-14(17)15-9-12(5)10(2)3/h10-12H,6-9H2,1-5H3,(H,15,17). The Kier molecular flexibility index (Phi) is 7.85. The van der Waals surface area contributed by atoms with E-state index in [4.69, 9.17) is 0 Å². The zero-order valence-corrected chi connectivity index (χ0v) is 11.9. The number of rotatable bonds is 8. The number of ketones is 1. The van der Waals surface area contributed by atoms with Crippen LogP contribution in [0.15, 0.2) is 0 Å². The number of amides is 1. The minimum Gasteiger partial charge on any atom is -0.356 e. The maximum Gasteiger partial charge on any atom is 0.220 e. The van der Waals surface area contributed by atoms with Crippen LogP contribution in [0.25, 0.3) is 0 Å². The number of carbonyl (C=O) groups is 2. The van der Waals surface area contributed by atoms with Crippen molar-refractivity contribution < 1.29 is 9.59 Å². The molecule has 3 heteroatoms. The maximum atomic E-state index is 11.6. The zero-order chi connectivity index (χ0) is 13.4. The molecule has 0 aliphatic carbocycles. The second-order valence-electron chi connectivity index (χ2n) is 5.43. The summed E-state index contributed by atoms with van der Waals surface area (Å²) in [6, 6.07) is 0. The molecule has 0 fully saturated rings. The molecule has 0 aromatic rings. The average Bonchev–Trinajstić information content (AvgIpc) is 2.25. The van der Waals surface area contributed by atoms with Gasteiger partial charge in [0.25, 0.3) is 0 Å². The fraction of sp³-hybridized carbons (Fsp3) is 0.857. The summed E-state index contributed by atoms with van der Waals surface area (Å²) >= 11 is 0. The van der Waals surface area contributed by atoms with Crippen LogP contribution in [0.1, 0.15) is 53.9 Å². The molecule has 0 aromatic heterocycles. The molecule has 100 valence electrons. The number of hydrogen-bond donors (Lipinski definition) is 1. The Hall–Kier alpha value is -0.860. The van der Waals surface area contributed by atoms with Crippen LogP contribution in [-0.2, 0) is 9.59 Å². The van der Waals surface area contributed by atoms with Crippen molar-refractivity contribution in [3.8, 4) is 0 Å². The molecular weight excluding hydrogens is 214 g/mol. The Morgan fingerprint density at radius 3 is 2.12 bits per heavy atom. The second-order valence-corrected chi connectivity index (χ2v) is 5.43. The molecule has 0 aliphatic rings. The lowest BCUT2D eigenvalue weighted by molar-refractivity contribution is -0.123. The third-order valence-corrected chi connectivity index (χ3v) is 3.26. The maximum absolute atomic E-state index is 11.6. The van der Waals surface area contributed by atoms with Crippen molar-refractivity contribution in [3.63, 3.8) is 0 Å². The van der Waals surface area contributed by atoms with Gasteiger partial charge in [0, 0.05) is 25.8 Å². The lowest BCUT2D eigenvalue weighted by Crippen LogP contribution is -2.31. The Morgan fingerprint density at radius 2 is 1.65 bits per heavy atom. The van der Waals surface area contributed by atoms with Crippen LogP contribution in [0.5, 0.6) is 0 Å². The van der Waals surface area contributed by atoms with Gasteiger partial charge in [-0.05, 0) is 17.8 Å². The molecule has 0 aromatic carbocycles. The minimum absolute atomic E-state index is 0.0638. The van der Waals surface area contributed by atoms with E-state index < -0.39 is 0 Å². The van der Waals surface area contributed by atoms with Crippen LogP contribution in [0.3, 0.4) is 0 Å². The zero-order valence-electron chi connectivity index (χ0n) is 11.9. The van der Waals surface area contributed by atoms with Crippen molar-refractivity contribution in [2.75, 3.05) is 6.54 Å². The fourth-order valence-electron chi connectivity index (χ4n) is 1.50. The molecule has 0 bridgehead atoms. The quantitative estimate of drug-likeness (QED) is 0.710. The van der Waals surface area contributed by atoms with Gasteiger partial charge in [-0.15, -0.1) is 0 Å². The summed E-state index contributed by atoms with van der Waals surface area (Å²) in [5, 5.41) is 2.94. The van der Waals surface area contributed by atoms with Crippen LogP contribution in [0, 0.1) is 17.8 Å². The van der Waals surface area contributed by atoms with Crippen molar-refractivity contribution in [3.05, 3.63) is 0 Å². The number of carbonyl (C=O) groups excluding carboxylic acids is 2. The smallest absolute Gasteiger partial charge is 0.220 e. The summed E-state index contributed by atoms with van der Waals surface area (Å²) in [4.78, 5) is 22.9. The van der Waals surface area contributed by atoms with E-state index in [0.29, 0.717) is 31.1 Å². The van der Waals surface area contributed by atoms with Gasteiger partial charge < -0.3 is 5.32 Å². The highest BCUT2D eigenvalue weighted by molar-refractivity contribution is 5.80. The van der Waals surface area contributed by atoms with Gasteiger partial charge in [-0.25, -0.2) is 0 Å².